The average Bonchev–Trinajstić information content (AvgIpc) is 3.05. The van der Waals surface area contributed by atoms with Crippen LogP contribution in [0.5, 0.6) is 5.75 Å². The molecule has 0 unspecified atom stereocenters. The molecule has 2 amide bonds. The molecule has 1 aromatic heterocycles. The Hall–Kier alpha value is -3.08. The maximum Gasteiger partial charge on any atom is 0.314 e. The van der Waals surface area contributed by atoms with E-state index in [1.165, 1.54) is 22.1 Å². The van der Waals surface area contributed by atoms with Crippen LogP contribution in [0.2, 0.25) is 0 Å². The van der Waals surface area contributed by atoms with Gasteiger partial charge in [-0.05, 0) is 41.8 Å². The summed E-state index contributed by atoms with van der Waals surface area (Å²) in [5.74, 6) is 0.961. The molecule has 2 aliphatic rings. The number of hydrogen-bond donors (Lipinski definition) is 1. The summed E-state index contributed by atoms with van der Waals surface area (Å²) >= 11 is 0. The second kappa shape index (κ2) is 6.23. The first-order valence-electron chi connectivity index (χ1n) is 9.76. The van der Waals surface area contributed by atoms with E-state index in [1.807, 2.05) is 18.3 Å². The highest BCUT2D eigenvalue weighted by atomic mass is 16.5. The van der Waals surface area contributed by atoms with Crippen LogP contribution in [0.3, 0.4) is 0 Å². The van der Waals surface area contributed by atoms with Gasteiger partial charge >= 0.3 is 6.03 Å². The molecule has 0 aliphatic carbocycles. The number of rotatable bonds is 1. The van der Waals surface area contributed by atoms with Gasteiger partial charge in [-0.25, -0.2) is 4.79 Å². The zero-order valence-electron chi connectivity index (χ0n) is 15.9. The van der Waals surface area contributed by atoms with Gasteiger partial charge in [0.25, 0.3) is 0 Å². The lowest BCUT2D eigenvalue weighted by Crippen LogP contribution is -2.50. The molecule has 0 atom stereocenters. The lowest BCUT2D eigenvalue weighted by atomic mass is 9.86. The van der Waals surface area contributed by atoms with Crippen LogP contribution in [0.25, 0.3) is 22.0 Å². The van der Waals surface area contributed by atoms with Gasteiger partial charge in [-0.3, -0.25) is 4.98 Å². The minimum Gasteiger partial charge on any atom is -0.487 e. The Morgan fingerprint density at radius 3 is 2.75 bits per heavy atom. The number of likely N-dealkylation sites (tertiary alicyclic amines) is 1. The molecule has 28 heavy (non-hydrogen) atoms. The Bertz CT molecular complexity index is 1080. The summed E-state index contributed by atoms with van der Waals surface area (Å²) in [5, 5.41) is 1.19. The molecular formula is C23H23N3O2. The highest BCUT2D eigenvalue weighted by Gasteiger charge is 2.42. The second-order valence-corrected chi connectivity index (χ2v) is 7.92. The van der Waals surface area contributed by atoms with Crippen LogP contribution in [0.4, 0.5) is 4.79 Å². The van der Waals surface area contributed by atoms with Crippen LogP contribution in [0.1, 0.15) is 24.0 Å². The number of piperidine rings is 1. The van der Waals surface area contributed by atoms with E-state index in [0.29, 0.717) is 13.1 Å². The Balaban J connectivity index is 1.45. The van der Waals surface area contributed by atoms with Gasteiger partial charge in [-0.1, -0.05) is 24.3 Å². The Labute approximate surface area is 164 Å². The molecule has 3 aromatic rings. The molecule has 1 saturated heterocycles. The quantitative estimate of drug-likeness (QED) is 0.699. The normalized spacial score (nSPS) is 17.5. The van der Waals surface area contributed by atoms with Crippen LogP contribution in [-0.2, 0) is 6.42 Å². The Kier molecular flexibility index (Phi) is 3.79. The van der Waals surface area contributed by atoms with E-state index in [2.05, 4.69) is 42.2 Å². The van der Waals surface area contributed by atoms with Crippen molar-refractivity contribution in [2.75, 3.05) is 13.1 Å². The molecule has 1 fully saturated rings. The minimum absolute atomic E-state index is 0.205. The smallest absolute Gasteiger partial charge is 0.314 e. The Morgan fingerprint density at radius 2 is 1.96 bits per heavy atom. The summed E-state index contributed by atoms with van der Waals surface area (Å²) in [4.78, 5) is 17.7. The third-order valence-electron chi connectivity index (χ3n) is 6.24. The first-order chi connectivity index (χ1) is 13.5. The zero-order valence-corrected chi connectivity index (χ0v) is 15.9. The number of nitrogens with zero attached hydrogens (tertiary/aromatic N) is 2. The number of carbonyl (C=O) groups excluding carboxylic acids is 1. The first-order valence-corrected chi connectivity index (χ1v) is 9.76. The van der Waals surface area contributed by atoms with Gasteiger partial charge in [0.2, 0.25) is 0 Å². The number of nitrogens with two attached hydrogens (primary N) is 1. The van der Waals surface area contributed by atoms with E-state index in [9.17, 15) is 4.79 Å². The number of ether oxygens (including phenoxy) is 1. The van der Waals surface area contributed by atoms with Crippen LogP contribution >= 0.6 is 0 Å². The summed E-state index contributed by atoms with van der Waals surface area (Å²) < 4.78 is 6.36. The Morgan fingerprint density at radius 1 is 1.18 bits per heavy atom. The molecule has 5 nitrogen and oxygen atoms in total. The lowest BCUT2D eigenvalue weighted by Gasteiger charge is -2.37. The van der Waals surface area contributed by atoms with Gasteiger partial charge in [-0.15, -0.1) is 0 Å². The number of amides is 2. The summed E-state index contributed by atoms with van der Waals surface area (Å²) in [7, 11) is 0. The van der Waals surface area contributed by atoms with Crippen LogP contribution in [-0.4, -0.2) is 34.6 Å². The van der Waals surface area contributed by atoms with E-state index < -0.39 is 0 Å². The van der Waals surface area contributed by atoms with Crippen molar-refractivity contribution in [1.29, 1.82) is 0 Å². The molecule has 0 saturated carbocycles. The summed E-state index contributed by atoms with van der Waals surface area (Å²) in [6, 6.07) is 14.3. The molecule has 2 N–H and O–H groups in total. The molecule has 5 heteroatoms. The lowest BCUT2D eigenvalue weighted by molar-refractivity contribution is 0.0314. The number of pyridine rings is 1. The summed E-state index contributed by atoms with van der Waals surface area (Å²) in [6.07, 6.45) is 4.48. The molecule has 5 rings (SSSR count). The zero-order chi connectivity index (χ0) is 19.3. The number of hydrogen-bond acceptors (Lipinski definition) is 3. The molecule has 2 aliphatic heterocycles. The maximum atomic E-state index is 11.4. The van der Waals surface area contributed by atoms with Gasteiger partial charge < -0.3 is 15.4 Å². The van der Waals surface area contributed by atoms with Gasteiger partial charge in [-0.2, -0.15) is 0 Å². The summed E-state index contributed by atoms with van der Waals surface area (Å²) in [6.45, 7) is 3.47. The second-order valence-electron chi connectivity index (χ2n) is 7.92. The third-order valence-corrected chi connectivity index (χ3v) is 6.24. The molecule has 1 spiro atoms. The molecule has 0 bridgehead atoms. The van der Waals surface area contributed by atoms with E-state index in [-0.39, 0.29) is 11.6 Å². The predicted octanol–water partition coefficient (Wildman–Crippen LogP) is 4.06. The number of carbonyl (C=O) groups is 1. The number of aryl methyl sites for hydroxylation is 1. The van der Waals surface area contributed by atoms with Crippen molar-refractivity contribution in [2.45, 2.75) is 31.8 Å². The van der Waals surface area contributed by atoms with Crippen molar-refractivity contribution in [1.82, 2.24) is 9.88 Å². The van der Waals surface area contributed by atoms with Crippen LogP contribution < -0.4 is 10.5 Å². The summed E-state index contributed by atoms with van der Waals surface area (Å²) in [5.41, 5.74) is 11.0. The molecule has 3 heterocycles. The molecule has 142 valence electrons. The minimum atomic E-state index is -0.341. The molecular weight excluding hydrogens is 350 g/mol. The number of benzene rings is 2. The van der Waals surface area contributed by atoms with Crippen molar-refractivity contribution < 1.29 is 9.53 Å². The fourth-order valence-corrected chi connectivity index (χ4v) is 4.58. The van der Waals surface area contributed by atoms with Gasteiger partial charge in [0.15, 0.2) is 0 Å². The fraction of sp³-hybridized carbons (Fsp3) is 0.304. The topological polar surface area (TPSA) is 68.5 Å². The largest absolute Gasteiger partial charge is 0.487 e. The number of urea groups is 1. The van der Waals surface area contributed by atoms with Crippen molar-refractivity contribution in [3.8, 4) is 16.9 Å². The number of primary amides is 1. The average molecular weight is 373 g/mol. The van der Waals surface area contributed by atoms with Crippen molar-refractivity contribution in [3.63, 3.8) is 0 Å². The fourth-order valence-electron chi connectivity index (χ4n) is 4.58. The number of para-hydroxylation sites is 1. The monoisotopic (exact) mass is 373 g/mol. The van der Waals surface area contributed by atoms with E-state index in [0.717, 1.165) is 36.1 Å². The van der Waals surface area contributed by atoms with Crippen molar-refractivity contribution >= 4 is 16.9 Å². The van der Waals surface area contributed by atoms with Gasteiger partial charge in [0.1, 0.15) is 11.4 Å². The van der Waals surface area contributed by atoms with E-state index in [4.69, 9.17) is 10.5 Å². The van der Waals surface area contributed by atoms with Crippen LogP contribution in [0, 0.1) is 6.92 Å². The van der Waals surface area contributed by atoms with E-state index in [1.54, 1.807) is 4.90 Å². The first kappa shape index (κ1) is 17.0. The van der Waals surface area contributed by atoms with Crippen molar-refractivity contribution in [3.05, 3.63) is 59.8 Å². The maximum absolute atomic E-state index is 11.4. The molecule has 2 aromatic carbocycles. The molecule has 0 radical (unpaired) electrons. The number of aromatic nitrogens is 1. The van der Waals surface area contributed by atoms with Crippen LogP contribution in [0.15, 0.2) is 48.7 Å². The predicted molar refractivity (Wildman–Crippen MR) is 109 cm³/mol. The third kappa shape index (κ3) is 2.70. The van der Waals surface area contributed by atoms with Crippen molar-refractivity contribution in [2.24, 2.45) is 5.73 Å². The standard InChI is InChI=1S/C23H23N3O2/c1-15-18-4-2-3-5-20(18)25-14-19(15)16-6-7-21-17(12-16)13-23(28-21)8-10-26(11-9-23)22(24)27/h2-7,12,14H,8-11,13H2,1H3,(H2,24,27). The highest BCUT2D eigenvalue weighted by molar-refractivity contribution is 5.88. The number of fused-ring (bicyclic) bond motifs is 2. The van der Waals surface area contributed by atoms with E-state index >= 15 is 0 Å². The SMILES string of the molecule is Cc1c(-c2ccc3c(c2)CC2(CCN(C(N)=O)CC2)O3)cnc2ccccc12. The van der Waals surface area contributed by atoms with Gasteiger partial charge in [0, 0.05) is 49.5 Å². The van der Waals surface area contributed by atoms with Gasteiger partial charge in [0.05, 0.1) is 5.52 Å². The highest BCUT2D eigenvalue weighted by Crippen LogP contribution is 2.43.